The van der Waals surface area contributed by atoms with Crippen LogP contribution < -0.4 is 10.6 Å². The zero-order chi connectivity index (χ0) is 17.6. The van der Waals surface area contributed by atoms with Crippen molar-refractivity contribution in [3.8, 4) is 0 Å². The Balaban J connectivity index is 0.00000576. The third kappa shape index (κ3) is 12.0. The molecule has 0 aromatic carbocycles. The van der Waals surface area contributed by atoms with E-state index in [1.54, 1.807) is 7.11 Å². The van der Waals surface area contributed by atoms with Gasteiger partial charge in [-0.3, -0.25) is 9.89 Å². The fourth-order valence-electron chi connectivity index (χ4n) is 3.08. The van der Waals surface area contributed by atoms with Gasteiger partial charge in [-0.05, 0) is 46.7 Å². The standard InChI is InChI=1S/C18H39N5O.HI/c1-5-19-18(20-10-14-22(3)12-8-16-24-4)21-11-15-23-13-7-6-9-17(23)2;/h17H,5-16H2,1-4H3,(H2,19,20,21);1H. The first kappa shape index (κ1) is 24.9. The summed E-state index contributed by atoms with van der Waals surface area (Å²) >= 11 is 0. The average Bonchev–Trinajstić information content (AvgIpc) is 2.57. The molecule has 0 spiro atoms. The summed E-state index contributed by atoms with van der Waals surface area (Å²) in [6, 6.07) is 0.713. The van der Waals surface area contributed by atoms with Gasteiger partial charge in [-0.2, -0.15) is 0 Å². The van der Waals surface area contributed by atoms with Crippen LogP contribution in [0.1, 0.15) is 39.5 Å². The number of nitrogens with one attached hydrogen (secondary N) is 2. The Kier molecular flexibility index (Phi) is 16.0. The van der Waals surface area contributed by atoms with Crippen LogP contribution in [-0.4, -0.2) is 88.4 Å². The molecule has 1 aliphatic rings. The van der Waals surface area contributed by atoms with Gasteiger partial charge in [0.15, 0.2) is 5.96 Å². The molecule has 6 nitrogen and oxygen atoms in total. The first-order valence-corrected chi connectivity index (χ1v) is 9.61. The minimum absolute atomic E-state index is 0. The number of nitrogens with zero attached hydrogens (tertiary/aromatic N) is 3. The van der Waals surface area contributed by atoms with Crippen molar-refractivity contribution in [1.82, 2.24) is 20.4 Å². The molecule has 150 valence electrons. The normalized spacial score (nSPS) is 18.9. The number of halogens is 1. The average molecular weight is 469 g/mol. The number of hydrogen-bond donors (Lipinski definition) is 2. The fraction of sp³-hybridized carbons (Fsp3) is 0.944. The van der Waals surface area contributed by atoms with Crippen molar-refractivity contribution in [1.29, 1.82) is 0 Å². The number of methoxy groups -OCH3 is 1. The van der Waals surface area contributed by atoms with Crippen LogP contribution in [0.3, 0.4) is 0 Å². The Morgan fingerprint density at radius 1 is 1.28 bits per heavy atom. The summed E-state index contributed by atoms with van der Waals surface area (Å²) in [6.45, 7) is 12.3. The third-order valence-corrected chi connectivity index (χ3v) is 4.62. The Bertz CT molecular complexity index is 343. The number of likely N-dealkylation sites (N-methyl/N-ethyl adjacent to an activating group) is 1. The molecule has 0 aromatic rings. The largest absolute Gasteiger partial charge is 0.385 e. The molecule has 1 heterocycles. The lowest BCUT2D eigenvalue weighted by Crippen LogP contribution is -2.42. The molecule has 1 saturated heterocycles. The number of guanidine groups is 1. The Morgan fingerprint density at radius 3 is 2.76 bits per heavy atom. The molecule has 25 heavy (non-hydrogen) atoms. The van der Waals surface area contributed by atoms with E-state index in [-0.39, 0.29) is 24.0 Å². The van der Waals surface area contributed by atoms with Crippen LogP contribution in [0.5, 0.6) is 0 Å². The lowest BCUT2D eigenvalue weighted by atomic mass is 10.0. The zero-order valence-corrected chi connectivity index (χ0v) is 19.1. The maximum atomic E-state index is 5.09. The molecule has 0 aromatic heterocycles. The van der Waals surface area contributed by atoms with Crippen LogP contribution in [0.4, 0.5) is 0 Å². The molecular weight excluding hydrogens is 429 g/mol. The maximum absolute atomic E-state index is 5.09. The zero-order valence-electron chi connectivity index (χ0n) is 16.7. The second-order valence-corrected chi connectivity index (χ2v) is 6.72. The summed E-state index contributed by atoms with van der Waals surface area (Å²) in [7, 11) is 3.91. The summed E-state index contributed by atoms with van der Waals surface area (Å²) < 4.78 is 5.09. The highest BCUT2D eigenvalue weighted by Crippen LogP contribution is 2.15. The molecule has 1 atom stereocenters. The topological polar surface area (TPSA) is 52.1 Å². The molecule has 1 aliphatic heterocycles. The van der Waals surface area contributed by atoms with Crippen molar-refractivity contribution in [2.45, 2.75) is 45.6 Å². The van der Waals surface area contributed by atoms with Gasteiger partial charge in [-0.25, -0.2) is 0 Å². The van der Waals surface area contributed by atoms with Crippen molar-refractivity contribution in [3.63, 3.8) is 0 Å². The van der Waals surface area contributed by atoms with Gasteiger partial charge in [0, 0.05) is 52.5 Å². The lowest BCUT2D eigenvalue weighted by molar-refractivity contribution is 0.166. The van der Waals surface area contributed by atoms with Crippen molar-refractivity contribution >= 4 is 29.9 Å². The molecule has 0 saturated carbocycles. The van der Waals surface area contributed by atoms with Gasteiger partial charge in [0.25, 0.3) is 0 Å². The van der Waals surface area contributed by atoms with Gasteiger partial charge < -0.3 is 20.3 Å². The molecule has 1 unspecified atom stereocenters. The van der Waals surface area contributed by atoms with Crippen molar-refractivity contribution < 1.29 is 4.74 Å². The number of hydrogen-bond acceptors (Lipinski definition) is 4. The fourth-order valence-corrected chi connectivity index (χ4v) is 3.08. The van der Waals surface area contributed by atoms with Gasteiger partial charge in [0.05, 0.1) is 6.54 Å². The minimum atomic E-state index is 0. The van der Waals surface area contributed by atoms with Crippen molar-refractivity contribution in [2.75, 3.05) is 66.6 Å². The van der Waals surface area contributed by atoms with E-state index in [1.807, 2.05) is 0 Å². The summed E-state index contributed by atoms with van der Waals surface area (Å²) in [5.74, 6) is 0.937. The van der Waals surface area contributed by atoms with E-state index in [2.05, 4.69) is 41.3 Å². The highest BCUT2D eigenvalue weighted by molar-refractivity contribution is 14.0. The first-order chi connectivity index (χ1) is 11.7. The predicted octanol–water partition coefficient (Wildman–Crippen LogP) is 2.00. The van der Waals surface area contributed by atoms with E-state index < -0.39 is 0 Å². The Morgan fingerprint density at radius 2 is 2.08 bits per heavy atom. The molecular formula is C18H40IN5O. The summed E-state index contributed by atoms with van der Waals surface area (Å²) in [5.41, 5.74) is 0. The number of piperidine rings is 1. The van der Waals surface area contributed by atoms with E-state index in [1.165, 1.54) is 25.8 Å². The third-order valence-electron chi connectivity index (χ3n) is 4.62. The van der Waals surface area contributed by atoms with Gasteiger partial charge >= 0.3 is 0 Å². The summed E-state index contributed by atoms with van der Waals surface area (Å²) in [4.78, 5) is 9.62. The summed E-state index contributed by atoms with van der Waals surface area (Å²) in [6.07, 6.45) is 5.12. The van der Waals surface area contributed by atoms with Gasteiger partial charge in [-0.1, -0.05) is 6.42 Å². The van der Waals surface area contributed by atoms with E-state index >= 15 is 0 Å². The molecule has 0 amide bonds. The number of aliphatic imine (C=N–C) groups is 1. The molecule has 1 fully saturated rings. The Labute approximate surface area is 172 Å². The van der Waals surface area contributed by atoms with Gasteiger partial charge in [-0.15, -0.1) is 24.0 Å². The molecule has 2 N–H and O–H groups in total. The lowest BCUT2D eigenvalue weighted by Gasteiger charge is -2.32. The smallest absolute Gasteiger partial charge is 0.191 e. The maximum Gasteiger partial charge on any atom is 0.191 e. The van der Waals surface area contributed by atoms with E-state index in [0.717, 1.165) is 58.3 Å². The van der Waals surface area contributed by atoms with Gasteiger partial charge in [0.1, 0.15) is 0 Å². The molecule has 7 heteroatoms. The highest BCUT2D eigenvalue weighted by atomic mass is 127. The van der Waals surface area contributed by atoms with E-state index in [0.29, 0.717) is 6.04 Å². The van der Waals surface area contributed by atoms with Crippen LogP contribution in [0.2, 0.25) is 0 Å². The second-order valence-electron chi connectivity index (χ2n) is 6.72. The van der Waals surface area contributed by atoms with E-state index in [9.17, 15) is 0 Å². The molecule has 1 rings (SSSR count). The molecule has 0 aliphatic carbocycles. The van der Waals surface area contributed by atoms with Crippen LogP contribution in [-0.2, 0) is 4.74 Å². The highest BCUT2D eigenvalue weighted by Gasteiger charge is 2.17. The Hall–Kier alpha value is -0.120. The van der Waals surface area contributed by atoms with Crippen LogP contribution in [0.15, 0.2) is 4.99 Å². The van der Waals surface area contributed by atoms with Crippen molar-refractivity contribution in [2.24, 2.45) is 4.99 Å². The van der Waals surface area contributed by atoms with Crippen LogP contribution >= 0.6 is 24.0 Å². The molecule has 0 radical (unpaired) electrons. The predicted molar refractivity (Wildman–Crippen MR) is 118 cm³/mol. The quantitative estimate of drug-likeness (QED) is 0.210. The number of rotatable bonds is 11. The monoisotopic (exact) mass is 469 g/mol. The minimum Gasteiger partial charge on any atom is -0.385 e. The summed E-state index contributed by atoms with van der Waals surface area (Å²) in [5, 5.41) is 6.78. The van der Waals surface area contributed by atoms with Crippen LogP contribution in [0.25, 0.3) is 0 Å². The van der Waals surface area contributed by atoms with E-state index in [4.69, 9.17) is 9.73 Å². The molecule has 0 bridgehead atoms. The van der Waals surface area contributed by atoms with Gasteiger partial charge in [0.2, 0.25) is 0 Å². The van der Waals surface area contributed by atoms with Crippen molar-refractivity contribution in [3.05, 3.63) is 0 Å². The first-order valence-electron chi connectivity index (χ1n) is 9.61. The number of ether oxygens (including phenoxy) is 1. The SMILES string of the molecule is CCNC(=NCCN1CCCCC1C)NCCN(C)CCCOC.I. The van der Waals surface area contributed by atoms with Crippen LogP contribution in [0, 0.1) is 0 Å². The number of likely N-dealkylation sites (tertiary alicyclic amines) is 1. The second kappa shape index (κ2) is 16.1.